The molecule has 6 nitrogen and oxygen atoms in total. The highest BCUT2D eigenvalue weighted by Crippen LogP contribution is 2.25. The van der Waals surface area contributed by atoms with Crippen molar-refractivity contribution in [3.05, 3.63) is 18.0 Å². The molecular formula is C15H23N3O3. The van der Waals surface area contributed by atoms with Gasteiger partial charge in [-0.1, -0.05) is 20.8 Å². The molecule has 0 saturated carbocycles. The monoisotopic (exact) mass is 293 g/mol. The lowest BCUT2D eigenvalue weighted by atomic mass is 9.91. The fraction of sp³-hybridized carbons (Fsp3) is 0.667. The zero-order valence-corrected chi connectivity index (χ0v) is 12.9. The molecule has 2 heterocycles. The Hall–Kier alpha value is -1.85. The fourth-order valence-electron chi connectivity index (χ4n) is 2.59. The van der Waals surface area contributed by atoms with E-state index in [1.807, 2.05) is 4.90 Å². The number of carboxylic acids is 1. The molecule has 0 spiro atoms. The zero-order valence-electron chi connectivity index (χ0n) is 12.9. The molecule has 1 saturated heterocycles. The Morgan fingerprint density at radius 1 is 1.33 bits per heavy atom. The molecular weight excluding hydrogens is 270 g/mol. The normalized spacial score (nSPS) is 17.0. The lowest BCUT2D eigenvalue weighted by molar-refractivity contribution is -0.134. The van der Waals surface area contributed by atoms with E-state index in [0.29, 0.717) is 19.5 Å². The predicted molar refractivity (Wildman–Crippen MR) is 78.1 cm³/mol. The number of hydrogen-bond acceptors (Lipinski definition) is 3. The SMILES string of the molecule is CC(C)(C)CC(=O)N1CCC(n2cc(C(=O)O)cn2)CC1. The third-order valence-electron chi connectivity index (χ3n) is 3.72. The fourth-order valence-corrected chi connectivity index (χ4v) is 2.59. The number of aromatic carboxylic acids is 1. The summed E-state index contributed by atoms with van der Waals surface area (Å²) in [5.74, 6) is -0.758. The molecule has 21 heavy (non-hydrogen) atoms. The van der Waals surface area contributed by atoms with Crippen molar-refractivity contribution in [2.45, 2.75) is 46.1 Å². The van der Waals surface area contributed by atoms with Crippen molar-refractivity contribution in [3.63, 3.8) is 0 Å². The number of carbonyl (C=O) groups excluding carboxylic acids is 1. The van der Waals surface area contributed by atoms with Crippen LogP contribution in [0.1, 0.15) is 56.4 Å². The summed E-state index contributed by atoms with van der Waals surface area (Å²) in [5.41, 5.74) is 0.216. The first kappa shape index (κ1) is 15.5. The first-order valence-electron chi connectivity index (χ1n) is 7.31. The Morgan fingerprint density at radius 3 is 2.43 bits per heavy atom. The van der Waals surface area contributed by atoms with Crippen molar-refractivity contribution in [2.24, 2.45) is 5.41 Å². The number of rotatable bonds is 3. The van der Waals surface area contributed by atoms with Gasteiger partial charge in [0.25, 0.3) is 0 Å². The van der Waals surface area contributed by atoms with Gasteiger partial charge in [0.2, 0.25) is 5.91 Å². The Kier molecular flexibility index (Phi) is 4.34. The average molecular weight is 293 g/mol. The molecule has 1 fully saturated rings. The molecule has 1 aliphatic heterocycles. The maximum Gasteiger partial charge on any atom is 0.338 e. The van der Waals surface area contributed by atoms with Crippen LogP contribution in [0.2, 0.25) is 0 Å². The third kappa shape index (κ3) is 4.06. The van der Waals surface area contributed by atoms with Gasteiger partial charge < -0.3 is 10.0 Å². The van der Waals surface area contributed by atoms with Crippen molar-refractivity contribution in [1.82, 2.24) is 14.7 Å². The first-order valence-corrected chi connectivity index (χ1v) is 7.31. The lowest BCUT2D eigenvalue weighted by Gasteiger charge is -2.33. The second kappa shape index (κ2) is 5.87. The van der Waals surface area contributed by atoms with E-state index in [4.69, 9.17) is 5.11 Å². The van der Waals surface area contributed by atoms with Crippen LogP contribution in [-0.4, -0.2) is 44.8 Å². The van der Waals surface area contributed by atoms with E-state index in [9.17, 15) is 9.59 Å². The largest absolute Gasteiger partial charge is 0.478 e. The molecule has 0 unspecified atom stereocenters. The lowest BCUT2D eigenvalue weighted by Crippen LogP contribution is -2.40. The second-order valence-electron chi connectivity index (χ2n) is 6.86. The van der Waals surface area contributed by atoms with E-state index in [1.54, 1.807) is 10.9 Å². The van der Waals surface area contributed by atoms with Gasteiger partial charge in [-0.15, -0.1) is 0 Å². The van der Waals surface area contributed by atoms with Gasteiger partial charge in [0.05, 0.1) is 17.8 Å². The van der Waals surface area contributed by atoms with Crippen LogP contribution in [0.3, 0.4) is 0 Å². The average Bonchev–Trinajstić information content (AvgIpc) is 2.86. The molecule has 0 atom stereocenters. The maximum absolute atomic E-state index is 12.2. The minimum absolute atomic E-state index is 0.00625. The first-order chi connectivity index (χ1) is 9.76. The van der Waals surface area contributed by atoms with E-state index in [1.165, 1.54) is 6.20 Å². The Bertz CT molecular complexity index is 523. The highest BCUT2D eigenvalue weighted by Gasteiger charge is 2.27. The van der Waals surface area contributed by atoms with Crippen LogP contribution in [-0.2, 0) is 4.79 Å². The summed E-state index contributed by atoms with van der Waals surface area (Å²) >= 11 is 0. The quantitative estimate of drug-likeness (QED) is 0.926. The maximum atomic E-state index is 12.2. The van der Waals surface area contributed by atoms with E-state index < -0.39 is 5.97 Å². The van der Waals surface area contributed by atoms with Crippen LogP contribution in [0.4, 0.5) is 0 Å². The molecule has 116 valence electrons. The molecule has 1 aromatic heterocycles. The summed E-state index contributed by atoms with van der Waals surface area (Å²) < 4.78 is 1.72. The number of amides is 1. The molecule has 1 aromatic rings. The molecule has 0 aliphatic carbocycles. The predicted octanol–water partition coefficient (Wildman–Crippen LogP) is 2.18. The molecule has 2 rings (SSSR count). The summed E-state index contributed by atoms with van der Waals surface area (Å²) in [6, 6.07) is 0.178. The van der Waals surface area contributed by atoms with Crippen molar-refractivity contribution >= 4 is 11.9 Å². The van der Waals surface area contributed by atoms with Crippen LogP contribution >= 0.6 is 0 Å². The summed E-state index contributed by atoms with van der Waals surface area (Å²) in [6.07, 6.45) is 5.13. The van der Waals surface area contributed by atoms with Gasteiger partial charge in [-0.25, -0.2) is 4.79 Å². The Morgan fingerprint density at radius 2 is 1.95 bits per heavy atom. The minimum Gasteiger partial charge on any atom is -0.478 e. The van der Waals surface area contributed by atoms with E-state index in [0.717, 1.165) is 12.8 Å². The Balaban J connectivity index is 1.90. The van der Waals surface area contributed by atoms with Crippen molar-refractivity contribution in [2.75, 3.05) is 13.1 Å². The highest BCUT2D eigenvalue weighted by molar-refractivity contribution is 5.86. The number of carbonyl (C=O) groups is 2. The van der Waals surface area contributed by atoms with E-state index in [2.05, 4.69) is 25.9 Å². The van der Waals surface area contributed by atoms with Gasteiger partial charge in [-0.2, -0.15) is 5.10 Å². The van der Waals surface area contributed by atoms with Gasteiger partial charge in [0.1, 0.15) is 0 Å². The molecule has 0 bridgehead atoms. The smallest absolute Gasteiger partial charge is 0.338 e. The third-order valence-corrected chi connectivity index (χ3v) is 3.72. The van der Waals surface area contributed by atoms with E-state index in [-0.39, 0.29) is 22.9 Å². The highest BCUT2D eigenvalue weighted by atomic mass is 16.4. The summed E-state index contributed by atoms with van der Waals surface area (Å²) in [4.78, 5) is 24.9. The number of carboxylic acid groups (broad SMARTS) is 1. The molecule has 1 aliphatic rings. The summed E-state index contributed by atoms with van der Waals surface area (Å²) in [6.45, 7) is 7.61. The molecule has 1 N–H and O–H groups in total. The summed E-state index contributed by atoms with van der Waals surface area (Å²) in [5, 5.41) is 13.0. The Labute approximate surface area is 124 Å². The minimum atomic E-state index is -0.959. The van der Waals surface area contributed by atoms with Crippen molar-refractivity contribution in [3.8, 4) is 0 Å². The molecule has 0 radical (unpaired) electrons. The van der Waals surface area contributed by atoms with Gasteiger partial charge in [0.15, 0.2) is 0 Å². The number of likely N-dealkylation sites (tertiary alicyclic amines) is 1. The van der Waals surface area contributed by atoms with Crippen molar-refractivity contribution in [1.29, 1.82) is 0 Å². The van der Waals surface area contributed by atoms with Crippen LogP contribution in [0.25, 0.3) is 0 Å². The second-order valence-corrected chi connectivity index (χ2v) is 6.86. The van der Waals surface area contributed by atoms with E-state index >= 15 is 0 Å². The number of aromatic nitrogens is 2. The van der Waals surface area contributed by atoms with Gasteiger partial charge in [0, 0.05) is 25.7 Å². The van der Waals surface area contributed by atoms with Crippen LogP contribution in [0, 0.1) is 5.41 Å². The van der Waals surface area contributed by atoms with Crippen LogP contribution in [0.15, 0.2) is 12.4 Å². The zero-order chi connectivity index (χ0) is 15.6. The van der Waals surface area contributed by atoms with Crippen LogP contribution < -0.4 is 0 Å². The van der Waals surface area contributed by atoms with Crippen LogP contribution in [0.5, 0.6) is 0 Å². The number of nitrogens with zero attached hydrogens (tertiary/aromatic N) is 3. The van der Waals surface area contributed by atoms with Crippen molar-refractivity contribution < 1.29 is 14.7 Å². The molecule has 1 amide bonds. The van der Waals surface area contributed by atoms with Gasteiger partial charge in [-0.05, 0) is 18.3 Å². The number of piperidine rings is 1. The van der Waals surface area contributed by atoms with Gasteiger partial charge >= 0.3 is 5.97 Å². The topological polar surface area (TPSA) is 75.4 Å². The molecule has 6 heteroatoms. The van der Waals surface area contributed by atoms with Gasteiger partial charge in [-0.3, -0.25) is 9.48 Å². The summed E-state index contributed by atoms with van der Waals surface area (Å²) in [7, 11) is 0. The molecule has 0 aromatic carbocycles. The standard InChI is InChI=1S/C15H23N3O3/c1-15(2,3)8-13(19)17-6-4-12(5-7-17)18-10-11(9-16-18)14(20)21/h9-10,12H,4-8H2,1-3H3,(H,20,21). The number of hydrogen-bond donors (Lipinski definition) is 1.